The van der Waals surface area contributed by atoms with Crippen molar-refractivity contribution >= 4 is 11.8 Å². The fourth-order valence-corrected chi connectivity index (χ4v) is 3.16. The van der Waals surface area contributed by atoms with E-state index in [0.717, 1.165) is 35.8 Å². The summed E-state index contributed by atoms with van der Waals surface area (Å²) in [7, 11) is 1.69. The molecule has 1 aromatic heterocycles. The van der Waals surface area contributed by atoms with Crippen LogP contribution >= 0.6 is 11.8 Å². The Morgan fingerprint density at radius 1 is 1.44 bits per heavy atom. The van der Waals surface area contributed by atoms with E-state index in [-0.39, 0.29) is 6.29 Å². The molecule has 2 unspecified atom stereocenters. The molecule has 1 aliphatic heterocycles. The Hall–Kier alpha value is -0.520. The van der Waals surface area contributed by atoms with Crippen molar-refractivity contribution in [1.29, 1.82) is 0 Å². The van der Waals surface area contributed by atoms with E-state index in [4.69, 9.17) is 14.0 Å². The Morgan fingerprint density at radius 3 is 2.88 bits per heavy atom. The van der Waals surface area contributed by atoms with E-state index >= 15 is 0 Å². The van der Waals surface area contributed by atoms with E-state index in [1.54, 1.807) is 18.9 Å². The number of rotatable bonds is 3. The minimum atomic E-state index is -0.118. The van der Waals surface area contributed by atoms with Crippen LogP contribution in [0.3, 0.4) is 0 Å². The zero-order valence-corrected chi connectivity index (χ0v) is 10.7. The molecule has 2 atom stereocenters. The second-order valence-corrected chi connectivity index (χ2v) is 5.18. The maximum atomic E-state index is 5.57. The summed E-state index contributed by atoms with van der Waals surface area (Å²) in [6.07, 6.45) is 2.07. The average molecular weight is 243 g/mol. The number of ether oxygens (including phenoxy) is 2. The lowest BCUT2D eigenvalue weighted by molar-refractivity contribution is -0.140. The van der Waals surface area contributed by atoms with Crippen LogP contribution in [0, 0.1) is 13.8 Å². The summed E-state index contributed by atoms with van der Waals surface area (Å²) >= 11 is 1.75. The Kier molecular flexibility index (Phi) is 3.89. The Labute approximate surface area is 99.7 Å². The van der Waals surface area contributed by atoms with Gasteiger partial charge >= 0.3 is 0 Å². The summed E-state index contributed by atoms with van der Waals surface area (Å²) in [5.41, 5.74) is 0.947. The minimum absolute atomic E-state index is 0.118. The number of aryl methyl sites for hydroxylation is 2. The standard InChI is InChI=1S/C11H17NO3S/c1-7-10(8(2)15-12-7)16-9-5-4-6-14-11(9)13-3/h9,11H,4-6H2,1-3H3. The van der Waals surface area contributed by atoms with Crippen LogP contribution < -0.4 is 0 Å². The van der Waals surface area contributed by atoms with E-state index in [1.165, 1.54) is 0 Å². The Morgan fingerprint density at radius 2 is 2.25 bits per heavy atom. The predicted molar refractivity (Wildman–Crippen MR) is 61.6 cm³/mol. The van der Waals surface area contributed by atoms with Crippen LogP contribution in [-0.4, -0.2) is 30.4 Å². The summed E-state index contributed by atoms with van der Waals surface area (Å²) in [6, 6.07) is 0. The number of thioether (sulfide) groups is 1. The van der Waals surface area contributed by atoms with Crippen molar-refractivity contribution in [1.82, 2.24) is 5.16 Å². The normalized spacial score (nSPS) is 25.9. The van der Waals surface area contributed by atoms with E-state index in [2.05, 4.69) is 5.16 Å². The summed E-state index contributed by atoms with van der Waals surface area (Å²) in [4.78, 5) is 1.12. The minimum Gasteiger partial charge on any atom is -0.360 e. The van der Waals surface area contributed by atoms with Crippen LogP contribution in [-0.2, 0) is 9.47 Å². The van der Waals surface area contributed by atoms with Gasteiger partial charge in [-0.15, -0.1) is 11.8 Å². The molecule has 1 aromatic rings. The van der Waals surface area contributed by atoms with Gasteiger partial charge < -0.3 is 14.0 Å². The number of nitrogens with zero attached hydrogens (tertiary/aromatic N) is 1. The highest BCUT2D eigenvalue weighted by Gasteiger charge is 2.28. The molecule has 0 bridgehead atoms. The SMILES string of the molecule is COC1OCCCC1Sc1c(C)noc1C. The third kappa shape index (κ3) is 2.42. The first-order chi connectivity index (χ1) is 7.72. The van der Waals surface area contributed by atoms with Crippen LogP contribution in [0.15, 0.2) is 9.42 Å². The molecule has 0 spiro atoms. The van der Waals surface area contributed by atoms with Gasteiger partial charge in [0.1, 0.15) is 5.76 Å². The highest BCUT2D eigenvalue weighted by Crippen LogP contribution is 2.35. The molecule has 1 saturated heterocycles. The van der Waals surface area contributed by atoms with Gasteiger partial charge in [0.05, 0.1) is 15.8 Å². The fourth-order valence-electron chi connectivity index (χ4n) is 1.86. The summed E-state index contributed by atoms with van der Waals surface area (Å²) < 4.78 is 16.1. The maximum absolute atomic E-state index is 5.57. The molecular weight excluding hydrogens is 226 g/mol. The molecule has 0 aromatic carbocycles. The van der Waals surface area contributed by atoms with E-state index in [9.17, 15) is 0 Å². The highest BCUT2D eigenvalue weighted by molar-refractivity contribution is 8.00. The second-order valence-electron chi connectivity index (χ2n) is 3.93. The number of hydrogen-bond donors (Lipinski definition) is 0. The molecule has 0 aliphatic carbocycles. The molecule has 0 radical (unpaired) electrons. The molecular formula is C11H17NO3S. The van der Waals surface area contributed by atoms with Crippen LogP contribution in [0.5, 0.6) is 0 Å². The van der Waals surface area contributed by atoms with Crippen molar-refractivity contribution in [2.45, 2.75) is 43.1 Å². The average Bonchev–Trinajstić information content (AvgIpc) is 2.61. The summed E-state index contributed by atoms with van der Waals surface area (Å²) in [5, 5.41) is 4.28. The topological polar surface area (TPSA) is 44.5 Å². The molecule has 2 heterocycles. The first-order valence-electron chi connectivity index (χ1n) is 5.46. The quantitative estimate of drug-likeness (QED) is 0.816. The van der Waals surface area contributed by atoms with Gasteiger partial charge in [0, 0.05) is 13.7 Å². The van der Waals surface area contributed by atoms with Crippen molar-refractivity contribution in [3.63, 3.8) is 0 Å². The lowest BCUT2D eigenvalue weighted by Crippen LogP contribution is -2.33. The Bertz CT molecular complexity index is 333. The molecule has 4 nitrogen and oxygen atoms in total. The van der Waals surface area contributed by atoms with Crippen molar-refractivity contribution in [3.05, 3.63) is 11.5 Å². The number of aromatic nitrogens is 1. The van der Waals surface area contributed by atoms with Crippen LogP contribution in [0.1, 0.15) is 24.3 Å². The molecule has 0 amide bonds. The van der Waals surface area contributed by atoms with Gasteiger partial charge in [-0.1, -0.05) is 5.16 Å². The van der Waals surface area contributed by atoms with Crippen molar-refractivity contribution in [2.75, 3.05) is 13.7 Å². The highest BCUT2D eigenvalue weighted by atomic mass is 32.2. The molecule has 5 heteroatoms. The number of hydrogen-bond acceptors (Lipinski definition) is 5. The van der Waals surface area contributed by atoms with Crippen molar-refractivity contribution in [3.8, 4) is 0 Å². The molecule has 1 aliphatic rings. The zero-order valence-electron chi connectivity index (χ0n) is 9.86. The summed E-state index contributed by atoms with van der Waals surface area (Å²) in [6.45, 7) is 4.69. The molecule has 0 N–H and O–H groups in total. The van der Waals surface area contributed by atoms with Crippen molar-refractivity contribution < 1.29 is 14.0 Å². The van der Waals surface area contributed by atoms with Gasteiger partial charge in [-0.2, -0.15) is 0 Å². The molecule has 0 saturated carbocycles. The van der Waals surface area contributed by atoms with Crippen LogP contribution in [0.2, 0.25) is 0 Å². The van der Waals surface area contributed by atoms with E-state index in [0.29, 0.717) is 5.25 Å². The lowest BCUT2D eigenvalue weighted by Gasteiger charge is -2.29. The molecule has 1 fully saturated rings. The summed E-state index contributed by atoms with van der Waals surface area (Å²) in [5.74, 6) is 0.878. The molecule has 2 rings (SSSR count). The van der Waals surface area contributed by atoms with E-state index in [1.807, 2.05) is 13.8 Å². The van der Waals surface area contributed by atoms with Crippen LogP contribution in [0.4, 0.5) is 0 Å². The third-order valence-electron chi connectivity index (χ3n) is 2.69. The fraction of sp³-hybridized carbons (Fsp3) is 0.727. The van der Waals surface area contributed by atoms with Gasteiger partial charge in [-0.25, -0.2) is 0 Å². The van der Waals surface area contributed by atoms with Gasteiger partial charge in [-0.05, 0) is 26.7 Å². The monoisotopic (exact) mass is 243 g/mol. The van der Waals surface area contributed by atoms with Crippen LogP contribution in [0.25, 0.3) is 0 Å². The predicted octanol–water partition coefficient (Wildman–Crippen LogP) is 2.54. The third-order valence-corrected chi connectivity index (χ3v) is 4.27. The Balaban J connectivity index is 2.07. The molecule has 90 valence electrons. The first-order valence-corrected chi connectivity index (χ1v) is 6.34. The maximum Gasteiger partial charge on any atom is 0.169 e. The first kappa shape index (κ1) is 12.0. The largest absolute Gasteiger partial charge is 0.360 e. The smallest absolute Gasteiger partial charge is 0.169 e. The second kappa shape index (κ2) is 5.21. The number of methoxy groups -OCH3 is 1. The van der Waals surface area contributed by atoms with Gasteiger partial charge in [0.25, 0.3) is 0 Å². The van der Waals surface area contributed by atoms with Gasteiger partial charge in [0.2, 0.25) is 0 Å². The molecule has 16 heavy (non-hydrogen) atoms. The van der Waals surface area contributed by atoms with E-state index < -0.39 is 0 Å². The van der Waals surface area contributed by atoms with Crippen molar-refractivity contribution in [2.24, 2.45) is 0 Å². The zero-order chi connectivity index (χ0) is 11.5. The van der Waals surface area contributed by atoms with Gasteiger partial charge in [0.15, 0.2) is 6.29 Å². The lowest BCUT2D eigenvalue weighted by atomic mass is 10.2. The van der Waals surface area contributed by atoms with Gasteiger partial charge in [-0.3, -0.25) is 0 Å².